The first-order chi connectivity index (χ1) is 8.04. The van der Waals surface area contributed by atoms with Crippen LogP contribution < -0.4 is 5.32 Å². The van der Waals surface area contributed by atoms with E-state index in [4.69, 9.17) is 5.11 Å². The second kappa shape index (κ2) is 6.76. The number of unbranched alkanes of at least 4 members (excludes halogenated alkanes) is 1. The van der Waals surface area contributed by atoms with Gasteiger partial charge >= 0.3 is 5.97 Å². The smallest absolute Gasteiger partial charge is 0.326 e. The largest absolute Gasteiger partial charge is 0.480 e. The van der Waals surface area contributed by atoms with E-state index in [0.29, 0.717) is 11.3 Å². The fourth-order valence-electron chi connectivity index (χ4n) is 1.33. The maximum absolute atomic E-state index is 11.8. The molecule has 1 aromatic heterocycles. The summed E-state index contributed by atoms with van der Waals surface area (Å²) in [6.45, 7) is 1.98. The fraction of sp³-hybridized carbons (Fsp3) is 0.455. The highest BCUT2D eigenvalue weighted by atomic mass is 79.9. The van der Waals surface area contributed by atoms with Gasteiger partial charge in [0.05, 0.1) is 8.66 Å². The highest BCUT2D eigenvalue weighted by molar-refractivity contribution is 9.11. The molecule has 0 saturated heterocycles. The van der Waals surface area contributed by atoms with Gasteiger partial charge in [0.1, 0.15) is 6.04 Å². The second-order valence-electron chi connectivity index (χ2n) is 3.61. The van der Waals surface area contributed by atoms with Gasteiger partial charge in [-0.05, 0) is 34.5 Å². The van der Waals surface area contributed by atoms with Gasteiger partial charge in [0.15, 0.2) is 0 Å². The third-order valence-corrected chi connectivity index (χ3v) is 3.87. The maximum Gasteiger partial charge on any atom is 0.326 e. The van der Waals surface area contributed by atoms with Crippen LogP contribution in [0.25, 0.3) is 0 Å². The molecule has 4 nitrogen and oxygen atoms in total. The lowest BCUT2D eigenvalue weighted by atomic mass is 10.1. The van der Waals surface area contributed by atoms with Crippen molar-refractivity contribution in [1.29, 1.82) is 0 Å². The van der Waals surface area contributed by atoms with Crippen LogP contribution in [0.1, 0.15) is 35.9 Å². The topological polar surface area (TPSA) is 66.4 Å². The molecule has 0 radical (unpaired) electrons. The number of carbonyl (C=O) groups is 2. The Morgan fingerprint density at radius 2 is 2.24 bits per heavy atom. The molecular formula is C11H14BrNO3S. The lowest BCUT2D eigenvalue weighted by molar-refractivity contribution is -0.139. The standard InChI is InChI=1S/C11H14BrNO3S/c1-2-3-4-7(11(15)16)13-10(14)8-5-6-9(12)17-8/h5-7H,2-4H2,1H3,(H,13,14)(H,15,16). The molecule has 17 heavy (non-hydrogen) atoms. The molecule has 1 rings (SSSR count). The predicted octanol–water partition coefficient (Wildman–Crippen LogP) is 2.88. The number of nitrogens with one attached hydrogen (secondary N) is 1. The van der Waals surface area contributed by atoms with Gasteiger partial charge in [0.2, 0.25) is 0 Å². The van der Waals surface area contributed by atoms with Crippen molar-refractivity contribution >= 4 is 39.1 Å². The summed E-state index contributed by atoms with van der Waals surface area (Å²) in [4.78, 5) is 23.2. The molecule has 0 aliphatic heterocycles. The molecule has 6 heteroatoms. The van der Waals surface area contributed by atoms with Gasteiger partial charge in [-0.25, -0.2) is 4.79 Å². The highest BCUT2D eigenvalue weighted by Crippen LogP contribution is 2.22. The zero-order chi connectivity index (χ0) is 12.8. The Morgan fingerprint density at radius 1 is 1.53 bits per heavy atom. The summed E-state index contributed by atoms with van der Waals surface area (Å²) in [7, 11) is 0. The minimum atomic E-state index is -0.984. The van der Waals surface area contributed by atoms with Crippen molar-refractivity contribution in [3.63, 3.8) is 0 Å². The van der Waals surface area contributed by atoms with Crippen LogP contribution in [0.2, 0.25) is 0 Å². The van der Waals surface area contributed by atoms with E-state index in [-0.39, 0.29) is 5.91 Å². The summed E-state index contributed by atoms with van der Waals surface area (Å²) >= 11 is 4.54. The molecule has 0 saturated carbocycles. The summed E-state index contributed by atoms with van der Waals surface area (Å²) in [6.07, 6.45) is 2.15. The summed E-state index contributed by atoms with van der Waals surface area (Å²) in [5.74, 6) is -1.31. The number of thiophene rings is 1. The number of aliphatic carboxylic acids is 1. The molecule has 0 bridgehead atoms. The van der Waals surface area contributed by atoms with Crippen LogP contribution in [0.4, 0.5) is 0 Å². The molecule has 1 aromatic rings. The highest BCUT2D eigenvalue weighted by Gasteiger charge is 2.20. The molecule has 1 amide bonds. The van der Waals surface area contributed by atoms with Crippen LogP contribution >= 0.6 is 27.3 Å². The average Bonchev–Trinajstić information content (AvgIpc) is 2.70. The summed E-state index contributed by atoms with van der Waals surface area (Å²) in [5.41, 5.74) is 0. The molecule has 1 atom stereocenters. The first-order valence-corrected chi connectivity index (χ1v) is 6.94. The van der Waals surface area contributed by atoms with Gasteiger partial charge in [-0.2, -0.15) is 0 Å². The van der Waals surface area contributed by atoms with Crippen LogP contribution in [0.3, 0.4) is 0 Å². The number of amides is 1. The van der Waals surface area contributed by atoms with E-state index >= 15 is 0 Å². The van der Waals surface area contributed by atoms with E-state index < -0.39 is 12.0 Å². The molecule has 0 aliphatic rings. The van der Waals surface area contributed by atoms with Gasteiger partial charge in [0.25, 0.3) is 5.91 Å². The Labute approximate surface area is 112 Å². The zero-order valence-electron chi connectivity index (χ0n) is 9.40. The van der Waals surface area contributed by atoms with Crippen LogP contribution in [0, 0.1) is 0 Å². The molecular weight excluding hydrogens is 306 g/mol. The second-order valence-corrected chi connectivity index (χ2v) is 6.07. The Balaban J connectivity index is 2.60. The molecule has 0 aromatic carbocycles. The van der Waals surface area contributed by atoms with Crippen molar-refractivity contribution in [2.45, 2.75) is 32.2 Å². The first kappa shape index (κ1) is 14.2. The quantitative estimate of drug-likeness (QED) is 0.847. The molecule has 0 spiro atoms. The number of halogens is 1. The molecule has 1 heterocycles. The Morgan fingerprint density at radius 3 is 2.71 bits per heavy atom. The summed E-state index contributed by atoms with van der Waals surface area (Å²) < 4.78 is 0.850. The lowest BCUT2D eigenvalue weighted by Gasteiger charge is -2.13. The number of carbonyl (C=O) groups excluding carboxylic acids is 1. The molecule has 0 aliphatic carbocycles. The Kier molecular flexibility index (Phi) is 5.64. The van der Waals surface area contributed by atoms with Crippen LogP contribution in [-0.4, -0.2) is 23.0 Å². The monoisotopic (exact) mass is 319 g/mol. The van der Waals surface area contributed by atoms with Crippen molar-refractivity contribution < 1.29 is 14.7 Å². The molecule has 1 unspecified atom stereocenters. The van der Waals surface area contributed by atoms with E-state index in [1.165, 1.54) is 11.3 Å². The predicted molar refractivity (Wildman–Crippen MR) is 70.4 cm³/mol. The third-order valence-electron chi connectivity index (χ3n) is 2.25. The van der Waals surface area contributed by atoms with E-state index in [1.807, 2.05) is 6.92 Å². The lowest BCUT2D eigenvalue weighted by Crippen LogP contribution is -2.40. The normalized spacial score (nSPS) is 12.1. The minimum absolute atomic E-state index is 0.329. The van der Waals surface area contributed by atoms with Crippen molar-refractivity contribution in [1.82, 2.24) is 5.32 Å². The van der Waals surface area contributed by atoms with Gasteiger partial charge in [-0.3, -0.25) is 4.79 Å². The van der Waals surface area contributed by atoms with Crippen molar-refractivity contribution in [2.24, 2.45) is 0 Å². The van der Waals surface area contributed by atoms with Gasteiger partial charge in [0, 0.05) is 0 Å². The Bertz CT molecular complexity index is 405. The van der Waals surface area contributed by atoms with E-state index in [2.05, 4.69) is 21.2 Å². The number of hydrogen-bond donors (Lipinski definition) is 2. The first-order valence-electron chi connectivity index (χ1n) is 5.33. The third kappa shape index (κ3) is 4.47. The van der Waals surface area contributed by atoms with E-state index in [9.17, 15) is 9.59 Å². The Hall–Kier alpha value is -0.880. The fourth-order valence-corrected chi connectivity index (χ4v) is 2.62. The molecule has 94 valence electrons. The molecule has 2 N–H and O–H groups in total. The summed E-state index contributed by atoms with van der Waals surface area (Å²) in [6, 6.07) is 2.63. The van der Waals surface area contributed by atoms with Gasteiger partial charge in [-0.1, -0.05) is 19.8 Å². The molecule has 0 fully saturated rings. The maximum atomic E-state index is 11.8. The van der Waals surface area contributed by atoms with E-state index in [0.717, 1.165) is 16.6 Å². The van der Waals surface area contributed by atoms with E-state index in [1.54, 1.807) is 12.1 Å². The van der Waals surface area contributed by atoms with Crippen molar-refractivity contribution in [2.75, 3.05) is 0 Å². The van der Waals surface area contributed by atoms with Crippen molar-refractivity contribution in [3.8, 4) is 0 Å². The number of rotatable bonds is 6. The van der Waals surface area contributed by atoms with Crippen LogP contribution in [-0.2, 0) is 4.79 Å². The van der Waals surface area contributed by atoms with Gasteiger partial charge in [-0.15, -0.1) is 11.3 Å². The average molecular weight is 320 g/mol. The van der Waals surface area contributed by atoms with Gasteiger partial charge < -0.3 is 10.4 Å². The van der Waals surface area contributed by atoms with Crippen molar-refractivity contribution in [3.05, 3.63) is 20.8 Å². The number of carboxylic acid groups (broad SMARTS) is 1. The SMILES string of the molecule is CCCCC(NC(=O)c1ccc(Br)s1)C(=O)O. The number of carboxylic acids is 1. The zero-order valence-corrected chi connectivity index (χ0v) is 11.8. The minimum Gasteiger partial charge on any atom is -0.480 e. The summed E-state index contributed by atoms with van der Waals surface area (Å²) in [5, 5.41) is 11.5. The van der Waals surface area contributed by atoms with Crippen LogP contribution in [0.15, 0.2) is 15.9 Å². The van der Waals surface area contributed by atoms with Crippen LogP contribution in [0.5, 0.6) is 0 Å². The number of hydrogen-bond acceptors (Lipinski definition) is 3.